The van der Waals surface area contributed by atoms with Crippen LogP contribution in [0.5, 0.6) is 0 Å². The van der Waals surface area contributed by atoms with Crippen LogP contribution >= 0.6 is 0 Å². The zero-order chi connectivity index (χ0) is 43.2. The lowest BCUT2D eigenvalue weighted by Crippen LogP contribution is -2.51. The average Bonchev–Trinajstić information content (AvgIpc) is 4.02. The minimum Gasteiger partial charge on any atom is -0.469 e. The summed E-state index contributed by atoms with van der Waals surface area (Å²) in [5.41, 5.74) is 3.50. The number of rotatable bonds is 11. The molecule has 0 saturated carbocycles. The van der Waals surface area contributed by atoms with Crippen LogP contribution in [0.15, 0.2) is 48.5 Å². The van der Waals surface area contributed by atoms with E-state index >= 15 is 8.78 Å². The van der Waals surface area contributed by atoms with E-state index < -0.39 is 35.7 Å². The number of aromatic nitrogens is 4. The summed E-state index contributed by atoms with van der Waals surface area (Å²) in [4.78, 5) is 71.6. The lowest BCUT2D eigenvalue weighted by Gasteiger charge is -2.30. The highest BCUT2D eigenvalue weighted by molar-refractivity contribution is 5.88. The van der Waals surface area contributed by atoms with E-state index in [1.54, 1.807) is 46.2 Å². The minimum atomic E-state index is -0.783. The number of amides is 3. The molecule has 0 radical (unpaired) electrons. The monoisotopic (exact) mass is 825 g/mol. The van der Waals surface area contributed by atoms with E-state index in [-0.39, 0.29) is 65.1 Å². The van der Waals surface area contributed by atoms with E-state index in [0.717, 1.165) is 0 Å². The third-order valence-electron chi connectivity index (χ3n) is 12.0. The maximum atomic E-state index is 16.0. The third-order valence-corrected chi connectivity index (χ3v) is 12.0. The van der Waals surface area contributed by atoms with Gasteiger partial charge < -0.3 is 34.6 Å². The van der Waals surface area contributed by atoms with Crippen molar-refractivity contribution in [3.63, 3.8) is 0 Å². The summed E-state index contributed by atoms with van der Waals surface area (Å²) >= 11 is 0. The second-order valence-corrected chi connectivity index (χ2v) is 17.2. The number of carbonyl (C=O) groups is 4. The van der Waals surface area contributed by atoms with E-state index in [1.807, 2.05) is 27.7 Å². The Kier molecular flexibility index (Phi) is 12.0. The quantitative estimate of drug-likeness (QED) is 0.113. The number of methoxy groups -OCH3 is 2. The van der Waals surface area contributed by atoms with Gasteiger partial charge in [-0.2, -0.15) is 0 Å². The molecule has 2 saturated heterocycles. The summed E-state index contributed by atoms with van der Waals surface area (Å²) in [6.07, 6.45) is 0.651. The van der Waals surface area contributed by atoms with Crippen molar-refractivity contribution in [2.75, 3.05) is 27.3 Å². The smallest absolute Gasteiger partial charge is 0.407 e. The highest BCUT2D eigenvalue weighted by Crippen LogP contribution is 2.40. The molecule has 5 aromatic rings. The van der Waals surface area contributed by atoms with Crippen LogP contribution < -0.4 is 5.32 Å². The molecule has 2 aromatic heterocycles. The Balaban J connectivity index is 1.13. The molecule has 6 atom stereocenters. The first kappa shape index (κ1) is 42.3. The molecule has 60 heavy (non-hydrogen) atoms. The number of fused-ring (bicyclic) bond motifs is 2. The number of carbonyl (C=O) groups excluding carboxylic acids is 4. The van der Waals surface area contributed by atoms with Gasteiger partial charge in [-0.15, -0.1) is 0 Å². The van der Waals surface area contributed by atoms with Crippen LogP contribution in [0.1, 0.15) is 84.5 Å². The van der Waals surface area contributed by atoms with E-state index in [2.05, 4.69) is 29.1 Å². The van der Waals surface area contributed by atoms with Gasteiger partial charge >= 0.3 is 12.1 Å². The topological polar surface area (TPSA) is 163 Å². The first-order valence-electron chi connectivity index (χ1n) is 20.6. The van der Waals surface area contributed by atoms with E-state index in [4.69, 9.17) is 19.4 Å². The van der Waals surface area contributed by atoms with Gasteiger partial charge in [-0.25, -0.2) is 23.5 Å². The summed E-state index contributed by atoms with van der Waals surface area (Å²) in [6, 6.07) is 11.2. The SMILES string of the molecule is COC(=O)C[C@H](C(=O)N1C[C@@H](C)C[C@H]1c1nc2ccc(-c3cc(F)c(-c4ccc5nc([C@@H]6C[C@H](C)CN6C(=O)[C@@H](NC(=O)OC)C(C)C)[nH]c5c4)cc3F)cc2[nH]1)C(C)C. The number of esters is 1. The summed E-state index contributed by atoms with van der Waals surface area (Å²) in [7, 11) is 2.57. The first-order chi connectivity index (χ1) is 28.6. The zero-order valence-electron chi connectivity index (χ0n) is 35.3. The second kappa shape index (κ2) is 17.0. The lowest BCUT2D eigenvalue weighted by molar-refractivity contribution is -0.148. The van der Waals surface area contributed by atoms with Crippen molar-refractivity contribution in [2.24, 2.45) is 29.6 Å². The zero-order valence-corrected chi connectivity index (χ0v) is 35.3. The standard InChI is InChI=1S/C45H53F2N7O6/c1-22(2)28(19-39(55)59-7)43(56)53-20-24(5)13-37(53)41-48-33-11-9-26(15-35(33)50-41)29-17-32(47)30(18-31(29)46)27-10-12-34-36(16-27)51-42(49-34)38-14-25(6)21-54(38)44(57)40(23(3)4)52-45(58)60-8/h9-12,15-18,22-25,28,37-38,40H,13-14,19-21H2,1-8H3,(H,48,50)(H,49,51)(H,52,58)/t24-,25-,28-,37-,38-,40-/m0/s1. The van der Waals surface area contributed by atoms with E-state index in [0.29, 0.717) is 70.8 Å². The Labute approximate surface area is 347 Å². The molecule has 318 valence electrons. The largest absolute Gasteiger partial charge is 0.469 e. The highest BCUT2D eigenvalue weighted by atomic mass is 19.1. The van der Waals surface area contributed by atoms with Crippen LogP contribution in [0.2, 0.25) is 0 Å². The Morgan fingerprint density at radius 3 is 1.65 bits per heavy atom. The van der Waals surface area contributed by atoms with Crippen LogP contribution in [0.4, 0.5) is 13.6 Å². The van der Waals surface area contributed by atoms with E-state index in [1.165, 1.54) is 26.4 Å². The molecule has 13 nitrogen and oxygen atoms in total. The molecule has 3 N–H and O–H groups in total. The van der Waals surface area contributed by atoms with Crippen molar-refractivity contribution in [3.8, 4) is 22.3 Å². The Hall–Kier alpha value is -5.86. The summed E-state index contributed by atoms with van der Waals surface area (Å²) in [5, 5.41) is 2.67. The van der Waals surface area contributed by atoms with Crippen molar-refractivity contribution >= 4 is 45.9 Å². The molecule has 2 fully saturated rings. The van der Waals surface area contributed by atoms with Gasteiger partial charge in [0.1, 0.15) is 29.3 Å². The molecule has 0 unspecified atom stereocenters. The van der Waals surface area contributed by atoms with Crippen molar-refractivity contribution in [1.82, 2.24) is 35.1 Å². The van der Waals surface area contributed by atoms with Gasteiger partial charge in [0.2, 0.25) is 11.8 Å². The molecular weight excluding hydrogens is 773 g/mol. The fourth-order valence-corrected chi connectivity index (χ4v) is 8.76. The van der Waals surface area contributed by atoms with Crippen molar-refractivity contribution in [3.05, 3.63) is 71.8 Å². The van der Waals surface area contributed by atoms with Crippen LogP contribution in [0, 0.1) is 41.2 Å². The number of likely N-dealkylation sites (tertiary alicyclic amines) is 2. The molecular formula is C45H53F2N7O6. The normalized spacial score (nSPS) is 20.3. The van der Waals surface area contributed by atoms with Crippen molar-refractivity contribution < 1.29 is 37.4 Å². The predicted molar refractivity (Wildman–Crippen MR) is 222 cm³/mol. The van der Waals surface area contributed by atoms with Gasteiger partial charge in [0.05, 0.1) is 60.7 Å². The first-order valence-corrected chi connectivity index (χ1v) is 20.6. The number of nitrogens with one attached hydrogen (secondary N) is 3. The molecule has 4 heterocycles. The maximum Gasteiger partial charge on any atom is 0.407 e. The number of aromatic amines is 2. The number of hydrogen-bond acceptors (Lipinski definition) is 8. The average molecular weight is 826 g/mol. The molecule has 3 amide bonds. The number of H-pyrrole nitrogens is 2. The lowest BCUT2D eigenvalue weighted by atomic mass is 9.91. The number of ether oxygens (including phenoxy) is 2. The van der Waals surface area contributed by atoms with Crippen molar-refractivity contribution in [2.45, 2.75) is 78.9 Å². The van der Waals surface area contributed by atoms with Gasteiger partial charge in [0, 0.05) is 24.2 Å². The fraction of sp³-hybridized carbons (Fsp3) is 0.467. The summed E-state index contributed by atoms with van der Waals surface area (Å²) in [6.45, 7) is 12.7. The Morgan fingerprint density at radius 1 is 0.733 bits per heavy atom. The van der Waals surface area contributed by atoms with Crippen molar-refractivity contribution in [1.29, 1.82) is 0 Å². The summed E-state index contributed by atoms with van der Waals surface area (Å²) in [5.74, 6) is -1.26. The number of halogens is 2. The Bertz CT molecular complexity index is 2280. The molecule has 0 aliphatic carbocycles. The van der Waals surface area contributed by atoms with Crippen LogP contribution in [0.25, 0.3) is 44.3 Å². The van der Waals surface area contributed by atoms with Gasteiger partial charge in [0.15, 0.2) is 0 Å². The van der Waals surface area contributed by atoms with Gasteiger partial charge in [0.25, 0.3) is 0 Å². The highest BCUT2D eigenvalue weighted by Gasteiger charge is 2.42. The van der Waals surface area contributed by atoms with Crippen LogP contribution in [0.3, 0.4) is 0 Å². The van der Waals surface area contributed by atoms with Gasteiger partial charge in [-0.1, -0.05) is 53.7 Å². The maximum absolute atomic E-state index is 16.0. The Morgan fingerprint density at radius 2 is 1.22 bits per heavy atom. The number of alkyl carbamates (subject to hydrolysis) is 1. The number of nitrogens with zero attached hydrogens (tertiary/aromatic N) is 4. The molecule has 3 aromatic carbocycles. The molecule has 0 spiro atoms. The van der Waals surface area contributed by atoms with Gasteiger partial charge in [-0.05, 0) is 84.0 Å². The number of benzene rings is 3. The molecule has 2 aliphatic heterocycles. The number of hydrogen-bond donors (Lipinski definition) is 3. The molecule has 7 rings (SSSR count). The predicted octanol–water partition coefficient (Wildman–Crippen LogP) is 8.09. The van der Waals surface area contributed by atoms with Crippen LogP contribution in [-0.4, -0.2) is 87.0 Å². The molecule has 15 heteroatoms. The molecule has 0 bridgehead atoms. The minimum absolute atomic E-state index is 0.00530. The fourth-order valence-electron chi connectivity index (χ4n) is 8.76. The van der Waals surface area contributed by atoms with E-state index in [9.17, 15) is 19.2 Å². The van der Waals surface area contributed by atoms with Crippen LogP contribution in [-0.2, 0) is 23.9 Å². The summed E-state index contributed by atoms with van der Waals surface area (Å²) < 4.78 is 41.7. The third kappa shape index (κ3) is 8.30. The number of imidazole rings is 2. The molecule has 2 aliphatic rings. The van der Waals surface area contributed by atoms with Gasteiger partial charge in [-0.3, -0.25) is 14.4 Å². The second-order valence-electron chi connectivity index (χ2n) is 17.2.